The van der Waals surface area contributed by atoms with Gasteiger partial charge in [0, 0.05) is 18.7 Å². The molecule has 0 saturated heterocycles. The number of nitrogens with two attached hydrogens (primary N) is 1. The molecule has 1 unspecified atom stereocenters. The van der Waals surface area contributed by atoms with Gasteiger partial charge in [-0.05, 0) is 12.8 Å². The number of aromatic nitrogens is 4. The second kappa shape index (κ2) is 4.77. The number of H-pyrrole nitrogens is 1. The molecule has 1 atom stereocenters. The predicted molar refractivity (Wildman–Crippen MR) is 69.6 cm³/mol. The minimum Gasteiger partial charge on any atom is -0.366 e. The number of hydrogen-bond acceptors (Lipinski definition) is 5. The Balaban J connectivity index is 2.38. The Morgan fingerprint density at radius 1 is 1.56 bits per heavy atom. The van der Waals surface area contributed by atoms with Crippen LogP contribution < -0.4 is 16.7 Å². The van der Waals surface area contributed by atoms with Gasteiger partial charge >= 0.3 is 5.69 Å². The van der Waals surface area contributed by atoms with Crippen LogP contribution in [0, 0.1) is 12.8 Å². The number of nitrogens with zero attached hydrogens (tertiary/aromatic N) is 3. The lowest BCUT2D eigenvalue weighted by Gasteiger charge is -2.21. The fraction of sp³-hybridized carbons (Fsp3) is 0.545. The summed E-state index contributed by atoms with van der Waals surface area (Å²) in [4.78, 5) is 15.8. The molecule has 0 saturated carbocycles. The normalized spacial score (nSPS) is 13.2. The molecule has 7 nitrogen and oxygen atoms in total. The smallest absolute Gasteiger partial charge is 0.349 e. The van der Waals surface area contributed by atoms with Crippen molar-refractivity contribution in [3.63, 3.8) is 0 Å². The van der Waals surface area contributed by atoms with Gasteiger partial charge < -0.3 is 11.1 Å². The number of hydrogen-bond donors (Lipinski definition) is 3. The molecule has 2 rings (SSSR count). The van der Waals surface area contributed by atoms with E-state index in [-0.39, 0.29) is 11.7 Å². The van der Waals surface area contributed by atoms with Gasteiger partial charge in [0.25, 0.3) is 0 Å². The molecule has 4 N–H and O–H groups in total. The van der Waals surface area contributed by atoms with Gasteiger partial charge in [-0.25, -0.2) is 19.3 Å². The number of nitrogens with one attached hydrogen (secondary N) is 2. The van der Waals surface area contributed by atoms with Gasteiger partial charge in [0.1, 0.15) is 11.6 Å². The maximum Gasteiger partial charge on any atom is 0.349 e. The molecule has 0 radical (unpaired) electrons. The molecular weight excluding hydrogens is 232 g/mol. The van der Waals surface area contributed by atoms with E-state index in [0.29, 0.717) is 29.8 Å². The van der Waals surface area contributed by atoms with Gasteiger partial charge in [0.15, 0.2) is 5.65 Å². The third-order valence-corrected chi connectivity index (χ3v) is 2.96. The third-order valence-electron chi connectivity index (χ3n) is 2.96. The van der Waals surface area contributed by atoms with Crippen molar-refractivity contribution in [2.45, 2.75) is 26.8 Å². The molecule has 0 spiro atoms. The Morgan fingerprint density at radius 3 is 2.89 bits per heavy atom. The Morgan fingerprint density at radius 2 is 2.28 bits per heavy atom. The maximum absolute atomic E-state index is 11.5. The topological polar surface area (TPSA) is 101 Å². The van der Waals surface area contributed by atoms with Crippen LogP contribution in [0.5, 0.6) is 0 Å². The van der Waals surface area contributed by atoms with Gasteiger partial charge in [-0.15, -0.1) is 0 Å². The van der Waals surface area contributed by atoms with Crippen LogP contribution in [0.25, 0.3) is 5.65 Å². The third kappa shape index (κ3) is 2.21. The number of anilines is 1. The van der Waals surface area contributed by atoms with Gasteiger partial charge in [-0.3, -0.25) is 0 Å². The summed E-state index contributed by atoms with van der Waals surface area (Å²) in [6, 6.07) is 1.88. The summed E-state index contributed by atoms with van der Waals surface area (Å²) in [5.74, 6) is 1.67. The lowest BCUT2D eigenvalue weighted by Crippen LogP contribution is -2.34. The summed E-state index contributed by atoms with van der Waals surface area (Å²) in [6.45, 7) is 6.47. The van der Waals surface area contributed by atoms with Crippen molar-refractivity contribution >= 4 is 11.5 Å². The highest BCUT2D eigenvalue weighted by atomic mass is 16.1. The van der Waals surface area contributed by atoms with Crippen molar-refractivity contribution in [2.75, 3.05) is 11.9 Å². The van der Waals surface area contributed by atoms with Crippen molar-refractivity contribution in [3.8, 4) is 0 Å². The summed E-state index contributed by atoms with van der Waals surface area (Å²) in [7, 11) is 0. The van der Waals surface area contributed by atoms with E-state index < -0.39 is 0 Å². The highest BCUT2D eigenvalue weighted by molar-refractivity contribution is 5.50. The van der Waals surface area contributed by atoms with E-state index in [4.69, 9.17) is 5.73 Å². The molecular formula is C11H18N6O. The summed E-state index contributed by atoms with van der Waals surface area (Å²) in [5.41, 5.74) is 5.98. The van der Waals surface area contributed by atoms with E-state index in [9.17, 15) is 4.79 Å². The summed E-state index contributed by atoms with van der Waals surface area (Å²) < 4.78 is 1.43. The lowest BCUT2D eigenvalue weighted by atomic mass is 10.1. The Labute approximate surface area is 104 Å². The average molecular weight is 250 g/mol. The molecule has 2 heterocycles. The quantitative estimate of drug-likeness (QED) is 0.715. The van der Waals surface area contributed by atoms with Gasteiger partial charge in [0.05, 0.1) is 0 Å². The monoisotopic (exact) mass is 250 g/mol. The molecule has 2 aromatic heterocycles. The van der Waals surface area contributed by atoms with Crippen molar-refractivity contribution in [2.24, 2.45) is 11.7 Å². The Kier molecular flexibility index (Phi) is 3.33. The fourth-order valence-electron chi connectivity index (χ4n) is 1.86. The summed E-state index contributed by atoms with van der Waals surface area (Å²) >= 11 is 0. The zero-order chi connectivity index (χ0) is 13.3. The molecule has 18 heavy (non-hydrogen) atoms. The first kappa shape index (κ1) is 12.6. The molecule has 0 amide bonds. The standard InChI is InChI=1S/C11H18N6O/c1-6(2)8(5-12)14-9-4-10-15-16-11(18)17(10)7(3)13-9/h4,6,8,14H,5,12H2,1-3H3,(H,16,18). The molecule has 0 aliphatic rings. The number of aromatic amines is 1. The van der Waals surface area contributed by atoms with E-state index in [1.165, 1.54) is 4.40 Å². The SMILES string of the molecule is Cc1nc(NC(CN)C(C)C)cc2n[nH]c(=O)n12. The van der Waals surface area contributed by atoms with Crippen molar-refractivity contribution in [1.82, 2.24) is 19.6 Å². The molecule has 2 aromatic rings. The zero-order valence-corrected chi connectivity index (χ0v) is 10.8. The maximum atomic E-state index is 11.5. The van der Waals surface area contributed by atoms with E-state index in [2.05, 4.69) is 34.3 Å². The predicted octanol–water partition coefficient (Wildman–Crippen LogP) is 0.121. The second-order valence-corrected chi connectivity index (χ2v) is 4.64. The fourth-order valence-corrected chi connectivity index (χ4v) is 1.86. The molecule has 0 aromatic carbocycles. The number of rotatable bonds is 4. The molecule has 0 aliphatic heterocycles. The van der Waals surface area contributed by atoms with E-state index in [1.807, 2.05) is 0 Å². The Bertz CT molecular complexity index is 599. The highest BCUT2D eigenvalue weighted by Crippen LogP contribution is 2.12. The van der Waals surface area contributed by atoms with Gasteiger partial charge in [0.2, 0.25) is 0 Å². The van der Waals surface area contributed by atoms with Gasteiger partial charge in [-0.2, -0.15) is 5.10 Å². The van der Waals surface area contributed by atoms with Crippen molar-refractivity contribution < 1.29 is 0 Å². The van der Waals surface area contributed by atoms with Gasteiger partial charge in [-0.1, -0.05) is 13.8 Å². The van der Waals surface area contributed by atoms with Crippen LogP contribution >= 0.6 is 0 Å². The second-order valence-electron chi connectivity index (χ2n) is 4.64. The van der Waals surface area contributed by atoms with Crippen LogP contribution in [-0.4, -0.2) is 32.2 Å². The summed E-state index contributed by atoms with van der Waals surface area (Å²) in [5, 5.41) is 9.60. The summed E-state index contributed by atoms with van der Waals surface area (Å²) in [6.07, 6.45) is 0. The molecule has 98 valence electrons. The van der Waals surface area contributed by atoms with E-state index >= 15 is 0 Å². The first-order chi connectivity index (χ1) is 8.52. The largest absolute Gasteiger partial charge is 0.366 e. The Hall–Kier alpha value is -1.89. The molecule has 7 heteroatoms. The van der Waals surface area contributed by atoms with Crippen molar-refractivity contribution in [3.05, 3.63) is 22.4 Å². The number of aryl methyl sites for hydroxylation is 1. The first-order valence-electron chi connectivity index (χ1n) is 5.94. The van der Waals surface area contributed by atoms with E-state index in [1.54, 1.807) is 13.0 Å². The van der Waals surface area contributed by atoms with Crippen molar-refractivity contribution in [1.29, 1.82) is 0 Å². The minimum atomic E-state index is -0.277. The lowest BCUT2D eigenvalue weighted by molar-refractivity contribution is 0.530. The first-order valence-corrected chi connectivity index (χ1v) is 5.94. The zero-order valence-electron chi connectivity index (χ0n) is 10.8. The van der Waals surface area contributed by atoms with Crippen LogP contribution in [0.2, 0.25) is 0 Å². The minimum absolute atomic E-state index is 0.144. The molecule has 0 fully saturated rings. The molecule has 0 bridgehead atoms. The van der Waals surface area contributed by atoms with E-state index in [0.717, 1.165) is 0 Å². The van der Waals surface area contributed by atoms with Crippen LogP contribution in [0.4, 0.5) is 5.82 Å². The molecule has 0 aliphatic carbocycles. The highest BCUT2D eigenvalue weighted by Gasteiger charge is 2.13. The van der Waals surface area contributed by atoms with Crippen LogP contribution in [0.1, 0.15) is 19.7 Å². The van der Waals surface area contributed by atoms with Crippen LogP contribution in [0.15, 0.2) is 10.9 Å². The average Bonchev–Trinajstić information content (AvgIpc) is 2.68. The van der Waals surface area contributed by atoms with Crippen LogP contribution in [-0.2, 0) is 0 Å². The number of fused-ring (bicyclic) bond motifs is 1. The van der Waals surface area contributed by atoms with Crippen LogP contribution in [0.3, 0.4) is 0 Å².